The van der Waals surface area contributed by atoms with Gasteiger partial charge in [0.05, 0.1) is 18.6 Å². The first kappa shape index (κ1) is 23.5. The molecule has 0 spiro atoms. The van der Waals surface area contributed by atoms with E-state index in [9.17, 15) is 14.4 Å². The van der Waals surface area contributed by atoms with Crippen LogP contribution in [0.15, 0.2) is 60.2 Å². The lowest BCUT2D eigenvalue weighted by molar-refractivity contribution is -0.132. The summed E-state index contributed by atoms with van der Waals surface area (Å²) in [5, 5.41) is 14.3. The zero-order valence-electron chi connectivity index (χ0n) is 19.0. The number of nitrogens with one attached hydrogen (secondary N) is 2. The Hall–Kier alpha value is -3.65. The number of carboxylic acids is 1. The van der Waals surface area contributed by atoms with E-state index in [1.165, 1.54) is 24.1 Å². The molecule has 1 saturated heterocycles. The van der Waals surface area contributed by atoms with E-state index in [0.717, 1.165) is 11.1 Å². The van der Waals surface area contributed by atoms with Crippen molar-refractivity contribution >= 4 is 18.0 Å². The fraction of sp³-hybridized carbons (Fsp3) is 0.346. The Balaban J connectivity index is 1.22. The van der Waals surface area contributed by atoms with Crippen LogP contribution in [-0.4, -0.2) is 55.5 Å². The van der Waals surface area contributed by atoms with Crippen LogP contribution in [0, 0.1) is 5.92 Å². The monoisotopic (exact) mass is 464 g/mol. The van der Waals surface area contributed by atoms with Crippen molar-refractivity contribution in [3.8, 4) is 11.1 Å². The van der Waals surface area contributed by atoms with Gasteiger partial charge in [0, 0.05) is 24.6 Å². The molecule has 2 aliphatic rings. The van der Waals surface area contributed by atoms with Gasteiger partial charge in [-0.15, -0.1) is 0 Å². The molecule has 34 heavy (non-hydrogen) atoms. The van der Waals surface area contributed by atoms with Crippen molar-refractivity contribution < 1.29 is 29.0 Å². The van der Waals surface area contributed by atoms with Crippen molar-refractivity contribution in [3.63, 3.8) is 0 Å². The molecule has 2 aromatic rings. The molecular formula is C26H28N2O6. The fourth-order valence-electron chi connectivity index (χ4n) is 4.41. The molecule has 3 N–H and O–H groups in total. The van der Waals surface area contributed by atoms with Crippen LogP contribution in [0.1, 0.15) is 30.4 Å². The van der Waals surface area contributed by atoms with Crippen molar-refractivity contribution in [2.45, 2.75) is 25.4 Å². The van der Waals surface area contributed by atoms with Crippen LogP contribution in [0.3, 0.4) is 0 Å². The van der Waals surface area contributed by atoms with Gasteiger partial charge in [-0.1, -0.05) is 54.6 Å². The number of carboxylic acid groups (broad SMARTS) is 1. The predicted molar refractivity (Wildman–Crippen MR) is 125 cm³/mol. The average molecular weight is 465 g/mol. The second kappa shape index (κ2) is 10.5. The number of hydrogen-bond acceptors (Lipinski definition) is 5. The highest BCUT2D eigenvalue weighted by Crippen LogP contribution is 2.44. The van der Waals surface area contributed by atoms with E-state index in [1.807, 2.05) is 24.3 Å². The Morgan fingerprint density at radius 3 is 2.35 bits per heavy atom. The molecule has 0 bridgehead atoms. The highest BCUT2D eigenvalue weighted by atomic mass is 16.5. The van der Waals surface area contributed by atoms with Crippen LogP contribution in [0.25, 0.3) is 11.1 Å². The maximum absolute atomic E-state index is 12.3. The van der Waals surface area contributed by atoms with Gasteiger partial charge >= 0.3 is 12.1 Å². The molecule has 0 aromatic heterocycles. The number of hydrogen-bond donors (Lipinski definition) is 3. The van der Waals surface area contributed by atoms with Gasteiger partial charge in [-0.2, -0.15) is 0 Å². The molecule has 0 saturated carbocycles. The van der Waals surface area contributed by atoms with Crippen LogP contribution in [0.2, 0.25) is 0 Å². The topological polar surface area (TPSA) is 114 Å². The number of carbonyl (C=O) groups is 3. The minimum atomic E-state index is -1.02. The summed E-state index contributed by atoms with van der Waals surface area (Å²) in [5.74, 6) is -1.56. The van der Waals surface area contributed by atoms with Gasteiger partial charge in [-0.25, -0.2) is 9.59 Å². The smallest absolute Gasteiger partial charge is 0.407 e. The van der Waals surface area contributed by atoms with Crippen molar-refractivity contribution in [3.05, 3.63) is 71.3 Å². The summed E-state index contributed by atoms with van der Waals surface area (Å²) in [7, 11) is 0. The number of ether oxygens (including phenoxy) is 2. The normalized spacial score (nSPS) is 19.3. The highest BCUT2D eigenvalue weighted by Gasteiger charge is 2.32. The summed E-state index contributed by atoms with van der Waals surface area (Å²) in [6, 6.07) is 16.3. The van der Waals surface area contributed by atoms with Crippen molar-refractivity contribution in [2.24, 2.45) is 5.92 Å². The molecule has 0 unspecified atom stereocenters. The van der Waals surface area contributed by atoms with E-state index in [-0.39, 0.29) is 55.7 Å². The van der Waals surface area contributed by atoms with Gasteiger partial charge in [0.25, 0.3) is 0 Å². The number of carbonyl (C=O) groups excluding carboxylic acids is 2. The first-order chi connectivity index (χ1) is 16.4. The first-order valence-corrected chi connectivity index (χ1v) is 11.3. The lowest BCUT2D eigenvalue weighted by Crippen LogP contribution is -2.34. The molecule has 2 aromatic carbocycles. The van der Waals surface area contributed by atoms with E-state index in [0.29, 0.717) is 6.42 Å². The molecule has 1 aliphatic carbocycles. The van der Waals surface area contributed by atoms with Crippen LogP contribution >= 0.6 is 0 Å². The van der Waals surface area contributed by atoms with Crippen molar-refractivity contribution in [2.75, 3.05) is 26.3 Å². The predicted octanol–water partition coefficient (Wildman–Crippen LogP) is 3.08. The second-order valence-corrected chi connectivity index (χ2v) is 8.53. The van der Waals surface area contributed by atoms with E-state index < -0.39 is 12.1 Å². The molecule has 2 amide bonds. The average Bonchev–Trinajstić information content (AvgIpc) is 3.44. The van der Waals surface area contributed by atoms with E-state index in [1.54, 1.807) is 0 Å². The van der Waals surface area contributed by atoms with Crippen LogP contribution in [-0.2, 0) is 19.1 Å². The number of rotatable bonds is 8. The molecule has 8 nitrogen and oxygen atoms in total. The third kappa shape index (κ3) is 5.28. The molecular weight excluding hydrogens is 436 g/mol. The van der Waals surface area contributed by atoms with E-state index >= 15 is 0 Å². The third-order valence-electron chi connectivity index (χ3n) is 6.29. The standard InChI is InChI=1S/C26H28N2O6/c1-16(25(30)31)10-11-27-24(29)17-12-18(33-14-17)13-28-26(32)34-15-23-21-8-4-2-6-19(21)20-7-3-5-9-22(20)23/h2-10,17-18,23H,11-15H2,1H3,(H,27,29)(H,28,32)(H,30,31)/b16-10+/t17-,18-/m0/s1. The van der Waals surface area contributed by atoms with Crippen molar-refractivity contribution in [1.82, 2.24) is 10.6 Å². The third-order valence-corrected chi connectivity index (χ3v) is 6.29. The quantitative estimate of drug-likeness (QED) is 0.518. The molecule has 1 fully saturated rings. The highest BCUT2D eigenvalue weighted by molar-refractivity contribution is 5.86. The van der Waals surface area contributed by atoms with Gasteiger partial charge in [-0.3, -0.25) is 4.79 Å². The molecule has 0 radical (unpaired) electrons. The van der Waals surface area contributed by atoms with Gasteiger partial charge in [0.2, 0.25) is 5.91 Å². The summed E-state index contributed by atoms with van der Waals surface area (Å²) >= 11 is 0. The van der Waals surface area contributed by atoms with Crippen molar-refractivity contribution in [1.29, 1.82) is 0 Å². The van der Waals surface area contributed by atoms with Gasteiger partial charge < -0.3 is 25.2 Å². The Bertz CT molecular complexity index is 1070. The van der Waals surface area contributed by atoms with Crippen LogP contribution in [0.4, 0.5) is 4.79 Å². The molecule has 1 heterocycles. The maximum atomic E-state index is 12.3. The molecule has 4 rings (SSSR count). The maximum Gasteiger partial charge on any atom is 0.407 e. The molecule has 2 atom stereocenters. The number of alkyl carbamates (subject to hydrolysis) is 1. The Morgan fingerprint density at radius 2 is 1.71 bits per heavy atom. The first-order valence-electron chi connectivity index (χ1n) is 11.3. The zero-order valence-corrected chi connectivity index (χ0v) is 19.0. The van der Waals surface area contributed by atoms with E-state index in [4.69, 9.17) is 14.6 Å². The number of fused-ring (bicyclic) bond motifs is 3. The van der Waals surface area contributed by atoms with Gasteiger partial charge in [0.15, 0.2) is 0 Å². The zero-order chi connectivity index (χ0) is 24.1. The minimum absolute atomic E-state index is 0.00669. The minimum Gasteiger partial charge on any atom is -0.478 e. The largest absolute Gasteiger partial charge is 0.478 e. The van der Waals surface area contributed by atoms with Crippen LogP contribution in [0.5, 0.6) is 0 Å². The second-order valence-electron chi connectivity index (χ2n) is 8.53. The Morgan fingerprint density at radius 1 is 1.06 bits per heavy atom. The molecule has 1 aliphatic heterocycles. The van der Waals surface area contributed by atoms with Gasteiger partial charge in [-0.05, 0) is 35.6 Å². The Labute approximate surface area is 198 Å². The Kier molecular flexibility index (Phi) is 7.27. The lowest BCUT2D eigenvalue weighted by Gasteiger charge is -2.15. The lowest BCUT2D eigenvalue weighted by atomic mass is 9.98. The van der Waals surface area contributed by atoms with Gasteiger partial charge in [0.1, 0.15) is 6.61 Å². The number of benzene rings is 2. The summed E-state index contributed by atoms with van der Waals surface area (Å²) in [4.78, 5) is 35.4. The summed E-state index contributed by atoms with van der Waals surface area (Å²) in [6.07, 6.45) is 1.11. The summed E-state index contributed by atoms with van der Waals surface area (Å²) in [6.45, 7) is 2.36. The van der Waals surface area contributed by atoms with E-state index in [2.05, 4.69) is 34.9 Å². The molecule has 8 heteroatoms. The summed E-state index contributed by atoms with van der Waals surface area (Å²) < 4.78 is 11.2. The SMILES string of the molecule is C/C(=C\CNC(=O)[C@@H]1CO[C@H](CNC(=O)OCC2c3ccccc3-c3ccccc32)C1)C(=O)O. The van der Waals surface area contributed by atoms with Crippen LogP contribution < -0.4 is 10.6 Å². The summed E-state index contributed by atoms with van der Waals surface area (Å²) in [5.41, 5.74) is 4.82. The number of aliphatic carboxylic acids is 1. The number of amides is 2. The fourth-order valence-corrected chi connectivity index (χ4v) is 4.41. The molecule has 178 valence electrons.